The van der Waals surface area contributed by atoms with Crippen LogP contribution in [0.1, 0.15) is 18.2 Å². The predicted octanol–water partition coefficient (Wildman–Crippen LogP) is 7.05. The van der Waals surface area contributed by atoms with Crippen LogP contribution in [0.2, 0.25) is 0 Å². The molecule has 132 valence electrons. The number of fused-ring (bicyclic) bond motifs is 1. The van der Waals surface area contributed by atoms with Gasteiger partial charge in [-0.15, -0.1) is 0 Å². The molecule has 3 aromatic carbocycles. The van der Waals surface area contributed by atoms with Gasteiger partial charge in [-0.3, -0.25) is 0 Å². The number of nitrogens with zero attached hydrogens (tertiary/aromatic N) is 1. The summed E-state index contributed by atoms with van der Waals surface area (Å²) in [5.41, 5.74) is 6.78. The van der Waals surface area contributed by atoms with Gasteiger partial charge in [0.15, 0.2) is 0 Å². The molecule has 0 fully saturated rings. The van der Waals surface area contributed by atoms with Crippen LogP contribution >= 0.6 is 0 Å². The number of para-hydroxylation sites is 2. The van der Waals surface area contributed by atoms with Crippen molar-refractivity contribution in [3.8, 4) is 5.69 Å². The zero-order chi connectivity index (χ0) is 18.6. The van der Waals surface area contributed by atoms with E-state index in [0.29, 0.717) is 0 Å². The first-order chi connectivity index (χ1) is 13.3. The summed E-state index contributed by atoms with van der Waals surface area (Å²) in [6, 6.07) is 27.2. The Labute approximate surface area is 160 Å². The standard InChI is InChI=1S/C25H22N2/c1-3-10-24-22(4-2)23-13-8-9-14-25(23)27(24)21-17-15-20(16-18-21)26-19-11-6-5-7-12-19/h3-18,26H,2H2,1H3/b10-3-. The highest BCUT2D eigenvalue weighted by atomic mass is 15.0. The monoisotopic (exact) mass is 350 g/mol. The van der Waals surface area contributed by atoms with E-state index in [1.165, 1.54) is 10.9 Å². The number of nitrogens with one attached hydrogen (secondary N) is 1. The second kappa shape index (κ2) is 7.38. The van der Waals surface area contributed by atoms with E-state index in [4.69, 9.17) is 0 Å². The minimum atomic E-state index is 1.07. The lowest BCUT2D eigenvalue weighted by Gasteiger charge is -2.11. The third-order valence-corrected chi connectivity index (χ3v) is 4.67. The maximum Gasteiger partial charge on any atom is 0.0541 e. The average Bonchev–Trinajstić information content (AvgIpc) is 3.03. The smallest absolute Gasteiger partial charge is 0.0541 e. The van der Waals surface area contributed by atoms with Gasteiger partial charge in [-0.25, -0.2) is 0 Å². The fraction of sp³-hybridized carbons (Fsp3) is 0.0400. The van der Waals surface area contributed by atoms with Crippen LogP contribution in [-0.4, -0.2) is 4.57 Å². The molecule has 1 aromatic heterocycles. The number of anilines is 2. The molecular formula is C25H22N2. The molecule has 0 bridgehead atoms. The number of allylic oxidation sites excluding steroid dienone is 1. The second-order valence-electron chi connectivity index (χ2n) is 6.39. The Kier molecular flexibility index (Phi) is 4.63. The Morgan fingerprint density at radius 3 is 2.19 bits per heavy atom. The molecule has 0 amide bonds. The van der Waals surface area contributed by atoms with Crippen molar-refractivity contribution in [2.45, 2.75) is 6.92 Å². The minimum absolute atomic E-state index is 1.07. The van der Waals surface area contributed by atoms with Gasteiger partial charge < -0.3 is 9.88 Å². The summed E-state index contributed by atoms with van der Waals surface area (Å²) in [6.45, 7) is 6.08. The van der Waals surface area contributed by atoms with E-state index in [9.17, 15) is 0 Å². The first-order valence-corrected chi connectivity index (χ1v) is 9.13. The fourth-order valence-corrected chi connectivity index (χ4v) is 3.48. The van der Waals surface area contributed by atoms with E-state index in [1.54, 1.807) is 0 Å². The zero-order valence-corrected chi connectivity index (χ0v) is 15.4. The second-order valence-corrected chi connectivity index (χ2v) is 6.39. The molecule has 2 nitrogen and oxygen atoms in total. The number of benzene rings is 3. The van der Waals surface area contributed by atoms with Crippen molar-refractivity contribution in [2.75, 3.05) is 5.32 Å². The SMILES string of the molecule is C=Cc1c(/C=C\C)n(-c2ccc(Nc3ccccc3)cc2)c2ccccc12. The molecule has 4 rings (SSSR count). The van der Waals surface area contributed by atoms with E-state index >= 15 is 0 Å². The molecule has 0 saturated carbocycles. The van der Waals surface area contributed by atoms with E-state index in [1.807, 2.05) is 31.2 Å². The highest BCUT2D eigenvalue weighted by Crippen LogP contribution is 2.32. The molecule has 0 aliphatic heterocycles. The Morgan fingerprint density at radius 2 is 1.48 bits per heavy atom. The van der Waals surface area contributed by atoms with Crippen LogP contribution in [0.5, 0.6) is 0 Å². The van der Waals surface area contributed by atoms with Gasteiger partial charge in [-0.05, 0) is 55.5 Å². The molecule has 0 aliphatic carbocycles. The Balaban J connectivity index is 1.80. The number of aromatic nitrogens is 1. The molecule has 1 heterocycles. The summed E-state index contributed by atoms with van der Waals surface area (Å²) in [5.74, 6) is 0. The Bertz CT molecular complexity index is 1100. The van der Waals surface area contributed by atoms with Gasteiger partial charge >= 0.3 is 0 Å². The van der Waals surface area contributed by atoms with Gasteiger partial charge in [0.25, 0.3) is 0 Å². The topological polar surface area (TPSA) is 17.0 Å². The van der Waals surface area contributed by atoms with Gasteiger partial charge in [0.05, 0.1) is 11.2 Å². The highest BCUT2D eigenvalue weighted by molar-refractivity contribution is 5.95. The molecule has 0 unspecified atom stereocenters. The van der Waals surface area contributed by atoms with Gasteiger partial charge in [-0.1, -0.05) is 55.1 Å². The van der Waals surface area contributed by atoms with E-state index in [2.05, 4.69) is 89.3 Å². The first-order valence-electron chi connectivity index (χ1n) is 9.13. The van der Waals surface area contributed by atoms with Crippen LogP contribution in [0.15, 0.2) is 91.5 Å². The molecule has 0 saturated heterocycles. The molecule has 4 aromatic rings. The zero-order valence-electron chi connectivity index (χ0n) is 15.4. The molecule has 0 radical (unpaired) electrons. The lowest BCUT2D eigenvalue weighted by atomic mass is 10.1. The van der Waals surface area contributed by atoms with Gasteiger partial charge in [-0.2, -0.15) is 0 Å². The van der Waals surface area contributed by atoms with Crippen molar-refractivity contribution in [3.05, 3.63) is 103 Å². The molecular weight excluding hydrogens is 328 g/mol. The predicted molar refractivity (Wildman–Crippen MR) is 118 cm³/mol. The third kappa shape index (κ3) is 3.18. The summed E-state index contributed by atoms with van der Waals surface area (Å²) >= 11 is 0. The third-order valence-electron chi connectivity index (χ3n) is 4.67. The number of rotatable bonds is 5. The maximum atomic E-state index is 4.03. The average molecular weight is 350 g/mol. The van der Waals surface area contributed by atoms with Crippen molar-refractivity contribution >= 4 is 34.4 Å². The van der Waals surface area contributed by atoms with Crippen molar-refractivity contribution < 1.29 is 0 Å². The molecule has 0 spiro atoms. The molecule has 0 atom stereocenters. The largest absolute Gasteiger partial charge is 0.356 e. The summed E-state index contributed by atoms with van der Waals surface area (Å²) in [5, 5.41) is 4.65. The normalized spacial score (nSPS) is 11.1. The van der Waals surface area contributed by atoms with Crippen LogP contribution in [0.25, 0.3) is 28.7 Å². The van der Waals surface area contributed by atoms with Crippen molar-refractivity contribution in [1.82, 2.24) is 4.57 Å². The first kappa shape index (κ1) is 16.9. The summed E-state index contributed by atoms with van der Waals surface area (Å²) in [7, 11) is 0. The van der Waals surface area contributed by atoms with Crippen LogP contribution < -0.4 is 5.32 Å². The summed E-state index contributed by atoms with van der Waals surface area (Å²) in [6.07, 6.45) is 6.16. The van der Waals surface area contributed by atoms with E-state index in [-0.39, 0.29) is 0 Å². The van der Waals surface area contributed by atoms with Crippen LogP contribution in [0, 0.1) is 0 Å². The molecule has 1 N–H and O–H groups in total. The summed E-state index contributed by atoms with van der Waals surface area (Å²) < 4.78 is 2.29. The van der Waals surface area contributed by atoms with Crippen molar-refractivity contribution in [1.29, 1.82) is 0 Å². The Morgan fingerprint density at radius 1 is 0.815 bits per heavy atom. The van der Waals surface area contributed by atoms with Crippen molar-refractivity contribution in [2.24, 2.45) is 0 Å². The summed E-state index contributed by atoms with van der Waals surface area (Å²) in [4.78, 5) is 0. The lowest BCUT2D eigenvalue weighted by molar-refractivity contribution is 1.10. The molecule has 0 aliphatic rings. The minimum Gasteiger partial charge on any atom is -0.356 e. The van der Waals surface area contributed by atoms with Gasteiger partial charge in [0.1, 0.15) is 0 Å². The van der Waals surface area contributed by atoms with E-state index < -0.39 is 0 Å². The fourth-order valence-electron chi connectivity index (χ4n) is 3.48. The van der Waals surface area contributed by atoms with Crippen LogP contribution in [-0.2, 0) is 0 Å². The lowest BCUT2D eigenvalue weighted by Crippen LogP contribution is -1.98. The number of hydrogen-bond acceptors (Lipinski definition) is 1. The quantitative estimate of drug-likeness (QED) is 0.408. The van der Waals surface area contributed by atoms with Crippen LogP contribution in [0.4, 0.5) is 11.4 Å². The maximum absolute atomic E-state index is 4.03. The van der Waals surface area contributed by atoms with Gasteiger partial charge in [0.2, 0.25) is 0 Å². The van der Waals surface area contributed by atoms with E-state index in [0.717, 1.165) is 28.3 Å². The van der Waals surface area contributed by atoms with Gasteiger partial charge in [0, 0.05) is 28.0 Å². The Hall–Kier alpha value is -3.52. The molecule has 27 heavy (non-hydrogen) atoms. The van der Waals surface area contributed by atoms with Crippen LogP contribution in [0.3, 0.4) is 0 Å². The highest BCUT2D eigenvalue weighted by Gasteiger charge is 2.14. The molecule has 2 heteroatoms. The number of hydrogen-bond donors (Lipinski definition) is 1. The van der Waals surface area contributed by atoms with Crippen molar-refractivity contribution in [3.63, 3.8) is 0 Å².